The van der Waals surface area contributed by atoms with Crippen molar-refractivity contribution < 1.29 is 14.0 Å². The molecule has 2 heterocycles. The summed E-state index contributed by atoms with van der Waals surface area (Å²) >= 11 is 0. The Bertz CT molecular complexity index is 833. The lowest BCUT2D eigenvalue weighted by molar-refractivity contribution is -0.132. The van der Waals surface area contributed by atoms with Gasteiger partial charge in [-0.15, -0.1) is 0 Å². The van der Waals surface area contributed by atoms with Gasteiger partial charge >= 0.3 is 0 Å². The molecule has 1 aromatic heterocycles. The van der Waals surface area contributed by atoms with E-state index in [1.807, 2.05) is 31.7 Å². The van der Waals surface area contributed by atoms with E-state index in [0.717, 1.165) is 35.2 Å². The molecule has 27 heavy (non-hydrogen) atoms. The lowest BCUT2D eigenvalue weighted by Gasteiger charge is -2.34. The van der Waals surface area contributed by atoms with E-state index in [0.29, 0.717) is 26.1 Å². The van der Waals surface area contributed by atoms with Gasteiger partial charge < -0.3 is 14.6 Å². The normalized spacial score (nSPS) is 15.5. The van der Waals surface area contributed by atoms with E-state index in [1.54, 1.807) is 6.26 Å². The van der Waals surface area contributed by atoms with Crippen molar-refractivity contribution in [2.24, 2.45) is 0 Å². The quantitative estimate of drug-likeness (QED) is 0.876. The van der Waals surface area contributed by atoms with Gasteiger partial charge in [0, 0.05) is 43.2 Å². The van der Waals surface area contributed by atoms with E-state index in [2.05, 4.69) is 23.2 Å². The topological polar surface area (TPSA) is 65.8 Å². The highest BCUT2D eigenvalue weighted by Gasteiger charge is 2.23. The van der Waals surface area contributed by atoms with Gasteiger partial charge in [0.2, 0.25) is 11.8 Å². The Morgan fingerprint density at radius 3 is 2.52 bits per heavy atom. The van der Waals surface area contributed by atoms with Crippen molar-refractivity contribution in [1.29, 1.82) is 0 Å². The molecular formula is C21H29N3O3. The highest BCUT2D eigenvalue weighted by molar-refractivity contribution is 5.89. The van der Waals surface area contributed by atoms with Crippen molar-refractivity contribution >= 4 is 22.8 Å². The molecule has 2 amide bonds. The van der Waals surface area contributed by atoms with Crippen LogP contribution in [0.3, 0.4) is 0 Å². The monoisotopic (exact) mass is 371 g/mol. The van der Waals surface area contributed by atoms with E-state index in [-0.39, 0.29) is 17.9 Å². The van der Waals surface area contributed by atoms with E-state index in [4.69, 9.17) is 4.42 Å². The van der Waals surface area contributed by atoms with Gasteiger partial charge in [-0.05, 0) is 38.8 Å². The molecule has 0 atom stereocenters. The maximum absolute atomic E-state index is 12.7. The summed E-state index contributed by atoms with van der Waals surface area (Å²) in [5, 5.41) is 3.93. The number of fused-ring (bicyclic) bond motifs is 1. The molecule has 1 aliphatic rings. The zero-order chi connectivity index (χ0) is 19.6. The summed E-state index contributed by atoms with van der Waals surface area (Å²) in [4.78, 5) is 28.6. The average Bonchev–Trinajstić information content (AvgIpc) is 3.01. The number of aryl methyl sites for hydroxylation is 2. The fourth-order valence-corrected chi connectivity index (χ4v) is 3.53. The first-order valence-corrected chi connectivity index (χ1v) is 9.61. The number of hydrogen-bond acceptors (Lipinski definition) is 4. The van der Waals surface area contributed by atoms with Crippen molar-refractivity contribution in [2.75, 3.05) is 32.7 Å². The van der Waals surface area contributed by atoms with Gasteiger partial charge in [0.15, 0.2) is 0 Å². The zero-order valence-corrected chi connectivity index (χ0v) is 16.7. The van der Waals surface area contributed by atoms with Crippen LogP contribution in [0.15, 0.2) is 22.8 Å². The number of piperazine rings is 1. The van der Waals surface area contributed by atoms with E-state index in [9.17, 15) is 9.59 Å². The Balaban J connectivity index is 1.56. The SMILES string of the molecule is Cc1ccc2c(CC(=O)N3CCN(CC(=O)NC(C)C)CC3)coc2c1C. The van der Waals surface area contributed by atoms with Crippen molar-refractivity contribution in [1.82, 2.24) is 15.1 Å². The second-order valence-corrected chi connectivity index (χ2v) is 7.70. The number of furan rings is 1. The maximum atomic E-state index is 12.7. The second kappa shape index (κ2) is 8.13. The smallest absolute Gasteiger partial charge is 0.234 e. The lowest BCUT2D eigenvalue weighted by Crippen LogP contribution is -2.51. The number of nitrogens with one attached hydrogen (secondary N) is 1. The molecule has 1 fully saturated rings. The summed E-state index contributed by atoms with van der Waals surface area (Å²) < 4.78 is 5.72. The minimum Gasteiger partial charge on any atom is -0.464 e. The molecule has 1 saturated heterocycles. The number of carbonyl (C=O) groups is 2. The van der Waals surface area contributed by atoms with E-state index < -0.39 is 0 Å². The number of amides is 2. The number of carbonyl (C=O) groups excluding carboxylic acids is 2. The van der Waals surface area contributed by atoms with E-state index >= 15 is 0 Å². The molecule has 0 saturated carbocycles. The van der Waals surface area contributed by atoms with Crippen molar-refractivity contribution in [3.05, 3.63) is 35.1 Å². The van der Waals surface area contributed by atoms with Crippen LogP contribution in [-0.2, 0) is 16.0 Å². The van der Waals surface area contributed by atoms with Crippen LogP contribution < -0.4 is 5.32 Å². The minimum atomic E-state index is 0.0420. The fourth-order valence-electron chi connectivity index (χ4n) is 3.53. The van der Waals surface area contributed by atoms with Crippen LogP contribution in [0.4, 0.5) is 0 Å². The fraction of sp³-hybridized carbons (Fsp3) is 0.524. The van der Waals surface area contributed by atoms with Gasteiger partial charge in [0.05, 0.1) is 19.2 Å². The summed E-state index contributed by atoms with van der Waals surface area (Å²) in [7, 11) is 0. The Kier molecular flexibility index (Phi) is 5.85. The van der Waals surface area contributed by atoms with E-state index in [1.165, 1.54) is 5.56 Å². The molecule has 1 N–H and O–H groups in total. The van der Waals surface area contributed by atoms with Gasteiger partial charge in [-0.25, -0.2) is 0 Å². The Morgan fingerprint density at radius 2 is 1.85 bits per heavy atom. The van der Waals surface area contributed by atoms with Crippen LogP contribution in [0.5, 0.6) is 0 Å². The van der Waals surface area contributed by atoms with Crippen LogP contribution >= 0.6 is 0 Å². The molecule has 0 bridgehead atoms. The molecule has 6 nitrogen and oxygen atoms in total. The highest BCUT2D eigenvalue weighted by atomic mass is 16.3. The lowest BCUT2D eigenvalue weighted by atomic mass is 10.0. The Morgan fingerprint density at radius 1 is 1.15 bits per heavy atom. The largest absolute Gasteiger partial charge is 0.464 e. The van der Waals surface area contributed by atoms with Crippen LogP contribution in [0.2, 0.25) is 0 Å². The van der Waals surface area contributed by atoms with Gasteiger partial charge in [-0.3, -0.25) is 14.5 Å². The van der Waals surface area contributed by atoms with Crippen LogP contribution in [0.25, 0.3) is 11.0 Å². The molecule has 0 aliphatic carbocycles. The van der Waals surface area contributed by atoms with Gasteiger partial charge in [-0.2, -0.15) is 0 Å². The van der Waals surface area contributed by atoms with Gasteiger partial charge in [0.25, 0.3) is 0 Å². The summed E-state index contributed by atoms with van der Waals surface area (Å²) in [5.74, 6) is 0.155. The molecule has 3 rings (SSSR count). The molecule has 1 aromatic carbocycles. The summed E-state index contributed by atoms with van der Waals surface area (Å²) in [5.41, 5.74) is 4.13. The number of hydrogen-bond donors (Lipinski definition) is 1. The molecule has 0 radical (unpaired) electrons. The highest BCUT2D eigenvalue weighted by Crippen LogP contribution is 2.27. The summed E-state index contributed by atoms with van der Waals surface area (Å²) in [6.07, 6.45) is 2.06. The van der Waals surface area contributed by atoms with Gasteiger partial charge in [0.1, 0.15) is 5.58 Å². The molecular weight excluding hydrogens is 342 g/mol. The average molecular weight is 371 g/mol. The predicted octanol–water partition coefficient (Wildman–Crippen LogP) is 2.26. The zero-order valence-electron chi connectivity index (χ0n) is 16.7. The molecule has 6 heteroatoms. The first-order chi connectivity index (χ1) is 12.8. The number of rotatable bonds is 5. The summed E-state index contributed by atoms with van der Waals surface area (Å²) in [6, 6.07) is 4.26. The number of nitrogens with zero attached hydrogens (tertiary/aromatic N) is 2. The third kappa shape index (κ3) is 4.50. The molecule has 0 spiro atoms. The Hall–Kier alpha value is -2.34. The van der Waals surface area contributed by atoms with Crippen molar-refractivity contribution in [3.8, 4) is 0 Å². The molecule has 1 aliphatic heterocycles. The molecule has 146 valence electrons. The van der Waals surface area contributed by atoms with Crippen molar-refractivity contribution in [2.45, 2.75) is 40.2 Å². The Labute approximate surface area is 160 Å². The standard InChI is InChI=1S/C21H29N3O3/c1-14(2)22-19(25)12-23-7-9-24(10-8-23)20(26)11-17-13-27-21-16(4)15(3)5-6-18(17)21/h5-6,13-14H,7-12H2,1-4H3,(H,22,25). The predicted molar refractivity (Wildman–Crippen MR) is 106 cm³/mol. The molecule has 2 aromatic rings. The van der Waals surface area contributed by atoms with Gasteiger partial charge in [-0.1, -0.05) is 12.1 Å². The maximum Gasteiger partial charge on any atom is 0.234 e. The van der Waals surface area contributed by atoms with Crippen LogP contribution in [0, 0.1) is 13.8 Å². The minimum absolute atomic E-state index is 0.0420. The van der Waals surface area contributed by atoms with Crippen molar-refractivity contribution in [3.63, 3.8) is 0 Å². The van der Waals surface area contributed by atoms with Crippen LogP contribution in [-0.4, -0.2) is 60.4 Å². The third-order valence-corrected chi connectivity index (χ3v) is 5.23. The third-order valence-electron chi connectivity index (χ3n) is 5.23. The number of benzene rings is 1. The van der Waals surface area contributed by atoms with Crippen LogP contribution in [0.1, 0.15) is 30.5 Å². The first-order valence-electron chi connectivity index (χ1n) is 9.61. The first kappa shape index (κ1) is 19.4. The molecule has 0 unspecified atom stereocenters. The summed E-state index contributed by atoms with van der Waals surface area (Å²) in [6.45, 7) is 11.2. The second-order valence-electron chi connectivity index (χ2n) is 7.70.